The Balaban J connectivity index is 1.77. The summed E-state index contributed by atoms with van der Waals surface area (Å²) in [6.45, 7) is 5.34. The molecule has 1 aromatic carbocycles. The van der Waals surface area contributed by atoms with Crippen molar-refractivity contribution in [2.24, 2.45) is 5.92 Å². The molecule has 1 heterocycles. The first-order chi connectivity index (χ1) is 9.79. The van der Waals surface area contributed by atoms with Gasteiger partial charge >= 0.3 is 0 Å². The molecule has 2 atom stereocenters. The molecule has 1 aromatic rings. The average Bonchev–Trinajstić information content (AvgIpc) is 2.50. The zero-order valence-electron chi connectivity index (χ0n) is 12.6. The fourth-order valence-corrected chi connectivity index (χ4v) is 5.76. The summed E-state index contributed by atoms with van der Waals surface area (Å²) >= 11 is 4.28. The van der Waals surface area contributed by atoms with Crippen molar-refractivity contribution in [3.63, 3.8) is 0 Å². The largest absolute Gasteiger partial charge is 0.373 e. The molecule has 1 fully saturated rings. The van der Waals surface area contributed by atoms with E-state index in [4.69, 9.17) is 4.74 Å². The zero-order chi connectivity index (χ0) is 14.2. The first-order valence-corrected chi connectivity index (χ1v) is 9.78. The molecule has 1 nitrogen and oxygen atoms in total. The van der Waals surface area contributed by atoms with Crippen LogP contribution in [0.25, 0.3) is 0 Å². The van der Waals surface area contributed by atoms with Gasteiger partial charge in [0.25, 0.3) is 0 Å². The summed E-state index contributed by atoms with van der Waals surface area (Å²) in [6, 6.07) is 10.5. The Bertz CT molecular complexity index is 363. The quantitative estimate of drug-likeness (QED) is 0.684. The van der Waals surface area contributed by atoms with E-state index in [0.29, 0.717) is 12.0 Å². The molecule has 2 rings (SSSR count). The van der Waals surface area contributed by atoms with E-state index in [0.717, 1.165) is 17.6 Å². The fourth-order valence-electron chi connectivity index (χ4n) is 2.59. The molecule has 0 N–H and O–H groups in total. The van der Waals surface area contributed by atoms with Gasteiger partial charge in [0.15, 0.2) is 0 Å². The van der Waals surface area contributed by atoms with E-state index >= 15 is 0 Å². The van der Waals surface area contributed by atoms with E-state index in [2.05, 4.69) is 67.7 Å². The SMILES string of the molecule is CC[C@@H](OCc1ccccc1)[C@@H](C)CC1SCCCS1. The lowest BCUT2D eigenvalue weighted by Gasteiger charge is -2.28. The maximum atomic E-state index is 6.16. The molecule has 0 unspecified atom stereocenters. The number of rotatable bonds is 7. The number of hydrogen-bond acceptors (Lipinski definition) is 3. The molecule has 0 radical (unpaired) electrons. The van der Waals surface area contributed by atoms with Gasteiger partial charge < -0.3 is 4.74 Å². The summed E-state index contributed by atoms with van der Waals surface area (Å²) in [7, 11) is 0. The molecule has 0 aliphatic carbocycles. The summed E-state index contributed by atoms with van der Waals surface area (Å²) in [5.41, 5.74) is 1.28. The molecule has 0 bridgehead atoms. The van der Waals surface area contributed by atoms with E-state index in [1.54, 1.807) is 0 Å². The van der Waals surface area contributed by atoms with Crippen molar-refractivity contribution in [3.8, 4) is 0 Å². The van der Waals surface area contributed by atoms with Crippen LogP contribution in [0.15, 0.2) is 30.3 Å². The number of benzene rings is 1. The van der Waals surface area contributed by atoms with Crippen molar-refractivity contribution in [2.75, 3.05) is 11.5 Å². The van der Waals surface area contributed by atoms with Crippen molar-refractivity contribution in [1.29, 1.82) is 0 Å². The van der Waals surface area contributed by atoms with Crippen molar-refractivity contribution in [2.45, 2.75) is 50.4 Å². The summed E-state index contributed by atoms with van der Waals surface area (Å²) in [5.74, 6) is 3.32. The fraction of sp³-hybridized carbons (Fsp3) is 0.647. The summed E-state index contributed by atoms with van der Waals surface area (Å²) in [6.07, 6.45) is 4.15. The van der Waals surface area contributed by atoms with Crippen LogP contribution in [-0.2, 0) is 11.3 Å². The molecule has 112 valence electrons. The number of thioether (sulfide) groups is 2. The molecule has 0 spiro atoms. The Kier molecular flexibility index (Phi) is 7.32. The second-order valence-electron chi connectivity index (χ2n) is 5.48. The van der Waals surface area contributed by atoms with E-state index in [1.165, 1.54) is 29.9 Å². The highest BCUT2D eigenvalue weighted by atomic mass is 32.2. The average molecular weight is 311 g/mol. The van der Waals surface area contributed by atoms with Crippen molar-refractivity contribution >= 4 is 23.5 Å². The van der Waals surface area contributed by atoms with E-state index in [9.17, 15) is 0 Å². The van der Waals surface area contributed by atoms with Crippen LogP contribution in [-0.4, -0.2) is 22.2 Å². The first-order valence-electron chi connectivity index (χ1n) is 7.68. The van der Waals surface area contributed by atoms with Gasteiger partial charge in [-0.2, -0.15) is 0 Å². The number of hydrogen-bond donors (Lipinski definition) is 0. The van der Waals surface area contributed by atoms with Crippen LogP contribution >= 0.6 is 23.5 Å². The molecule has 0 aromatic heterocycles. The van der Waals surface area contributed by atoms with Crippen molar-refractivity contribution in [3.05, 3.63) is 35.9 Å². The molecule has 0 amide bonds. The highest BCUT2D eigenvalue weighted by molar-refractivity contribution is 8.17. The Morgan fingerprint density at radius 3 is 2.55 bits per heavy atom. The van der Waals surface area contributed by atoms with Crippen LogP contribution in [0.1, 0.15) is 38.7 Å². The maximum Gasteiger partial charge on any atom is 0.0720 e. The highest BCUT2D eigenvalue weighted by Crippen LogP contribution is 2.36. The van der Waals surface area contributed by atoms with Crippen LogP contribution in [0.3, 0.4) is 0 Å². The zero-order valence-corrected chi connectivity index (χ0v) is 14.2. The van der Waals surface area contributed by atoms with Crippen molar-refractivity contribution < 1.29 is 4.74 Å². The van der Waals surface area contributed by atoms with Crippen LogP contribution in [0.4, 0.5) is 0 Å². The van der Waals surface area contributed by atoms with Gasteiger partial charge in [0.05, 0.1) is 17.3 Å². The lowest BCUT2D eigenvalue weighted by molar-refractivity contribution is 0.00232. The summed E-state index contributed by atoms with van der Waals surface area (Å²) in [4.78, 5) is 0. The summed E-state index contributed by atoms with van der Waals surface area (Å²) in [5, 5.41) is 0. The molecule has 20 heavy (non-hydrogen) atoms. The van der Waals surface area contributed by atoms with Gasteiger partial charge in [-0.15, -0.1) is 23.5 Å². The predicted molar refractivity (Wildman–Crippen MR) is 92.4 cm³/mol. The van der Waals surface area contributed by atoms with E-state index in [-0.39, 0.29) is 0 Å². The van der Waals surface area contributed by atoms with Gasteiger partial charge in [-0.25, -0.2) is 0 Å². The third-order valence-electron chi connectivity index (χ3n) is 3.80. The van der Waals surface area contributed by atoms with Crippen LogP contribution in [0.5, 0.6) is 0 Å². The molecular weight excluding hydrogens is 284 g/mol. The second-order valence-corrected chi connectivity index (χ2v) is 8.40. The monoisotopic (exact) mass is 310 g/mol. The minimum absolute atomic E-state index is 0.387. The molecule has 3 heteroatoms. The molecule has 0 saturated carbocycles. The van der Waals surface area contributed by atoms with E-state index in [1.807, 2.05) is 0 Å². The Hall–Kier alpha value is -0.120. The Labute approximate surface area is 132 Å². The molecule has 1 aliphatic rings. The predicted octanol–water partition coefficient (Wildman–Crippen LogP) is 5.20. The van der Waals surface area contributed by atoms with Gasteiger partial charge in [-0.1, -0.05) is 44.2 Å². The van der Waals surface area contributed by atoms with Crippen LogP contribution in [0.2, 0.25) is 0 Å². The Morgan fingerprint density at radius 1 is 1.20 bits per heavy atom. The minimum Gasteiger partial charge on any atom is -0.373 e. The highest BCUT2D eigenvalue weighted by Gasteiger charge is 2.23. The lowest BCUT2D eigenvalue weighted by Crippen LogP contribution is -2.24. The summed E-state index contributed by atoms with van der Waals surface area (Å²) < 4.78 is 6.95. The third-order valence-corrected chi connectivity index (χ3v) is 6.80. The normalized spacial score (nSPS) is 19.7. The molecule has 1 aliphatic heterocycles. The van der Waals surface area contributed by atoms with Gasteiger partial charge in [-0.05, 0) is 42.2 Å². The van der Waals surface area contributed by atoms with Gasteiger partial charge in [-0.3, -0.25) is 0 Å². The maximum absolute atomic E-state index is 6.16. The second kappa shape index (κ2) is 9.01. The van der Waals surface area contributed by atoms with Crippen LogP contribution in [0, 0.1) is 5.92 Å². The first kappa shape index (κ1) is 16.3. The van der Waals surface area contributed by atoms with Gasteiger partial charge in [0.2, 0.25) is 0 Å². The molecular formula is C17H26OS2. The van der Waals surface area contributed by atoms with Crippen LogP contribution < -0.4 is 0 Å². The smallest absolute Gasteiger partial charge is 0.0720 e. The van der Waals surface area contributed by atoms with Gasteiger partial charge in [0.1, 0.15) is 0 Å². The Morgan fingerprint density at radius 2 is 1.90 bits per heavy atom. The third kappa shape index (κ3) is 5.34. The van der Waals surface area contributed by atoms with E-state index < -0.39 is 0 Å². The van der Waals surface area contributed by atoms with Gasteiger partial charge in [0, 0.05) is 0 Å². The van der Waals surface area contributed by atoms with Crippen molar-refractivity contribution in [1.82, 2.24) is 0 Å². The topological polar surface area (TPSA) is 9.23 Å². The molecule has 1 saturated heterocycles. The minimum atomic E-state index is 0.387. The number of ether oxygens (including phenoxy) is 1. The lowest BCUT2D eigenvalue weighted by atomic mass is 9.99. The standard InChI is InChI=1S/C17H26OS2/c1-3-16(18-13-15-8-5-4-6-9-15)14(2)12-17-19-10-7-11-20-17/h4-6,8-9,14,16-17H,3,7,10-13H2,1-2H3/t14-,16+/m0/s1.